The fraction of sp³-hybridized carbons (Fsp3) is 0.938. The minimum Gasteiger partial charge on any atom is -0.468 e. The van der Waals surface area contributed by atoms with Crippen LogP contribution in [-0.2, 0) is 9.53 Å². The van der Waals surface area contributed by atoms with E-state index >= 15 is 0 Å². The van der Waals surface area contributed by atoms with E-state index in [2.05, 4.69) is 35.9 Å². The molecule has 1 atom stereocenters. The van der Waals surface area contributed by atoms with Gasteiger partial charge in [-0.25, -0.2) is 0 Å². The summed E-state index contributed by atoms with van der Waals surface area (Å²) >= 11 is 0. The Hall–Kier alpha value is -0.650. The molecule has 0 aliphatic carbocycles. The predicted molar refractivity (Wildman–Crippen MR) is 86.4 cm³/mol. The molecule has 5 heteroatoms. The van der Waals surface area contributed by atoms with Crippen LogP contribution in [0.25, 0.3) is 0 Å². The van der Waals surface area contributed by atoms with Gasteiger partial charge in [0, 0.05) is 39.3 Å². The zero-order valence-corrected chi connectivity index (χ0v) is 14.2. The van der Waals surface area contributed by atoms with Crippen molar-refractivity contribution in [3.8, 4) is 0 Å². The standard InChI is InChI=1S/C16H33N3O2/c1-5-7-17-15(16(20)21-4)6-8-18-9-11-19(12-10-18)13-14(2)3/h14-15,17H,5-13H2,1-4H3. The van der Waals surface area contributed by atoms with Crippen LogP contribution in [0.15, 0.2) is 0 Å². The van der Waals surface area contributed by atoms with Crippen molar-refractivity contribution in [3.63, 3.8) is 0 Å². The highest BCUT2D eigenvalue weighted by Gasteiger charge is 2.22. The van der Waals surface area contributed by atoms with Crippen LogP contribution in [0.3, 0.4) is 0 Å². The molecule has 1 N–H and O–H groups in total. The van der Waals surface area contributed by atoms with Crippen molar-refractivity contribution in [1.29, 1.82) is 0 Å². The van der Waals surface area contributed by atoms with Crippen molar-refractivity contribution >= 4 is 5.97 Å². The average molecular weight is 299 g/mol. The normalized spacial score (nSPS) is 18.9. The molecule has 0 saturated carbocycles. The van der Waals surface area contributed by atoms with E-state index in [1.807, 2.05) is 0 Å². The molecule has 1 heterocycles. The summed E-state index contributed by atoms with van der Waals surface area (Å²) in [7, 11) is 1.47. The molecule has 1 aliphatic rings. The Balaban J connectivity index is 2.28. The fourth-order valence-electron chi connectivity index (χ4n) is 2.79. The topological polar surface area (TPSA) is 44.8 Å². The monoisotopic (exact) mass is 299 g/mol. The van der Waals surface area contributed by atoms with E-state index in [0.29, 0.717) is 0 Å². The zero-order valence-electron chi connectivity index (χ0n) is 14.2. The molecule has 0 aromatic carbocycles. The van der Waals surface area contributed by atoms with Crippen LogP contribution >= 0.6 is 0 Å². The van der Waals surface area contributed by atoms with Gasteiger partial charge in [-0.3, -0.25) is 4.79 Å². The Morgan fingerprint density at radius 2 is 1.81 bits per heavy atom. The molecule has 0 bridgehead atoms. The van der Waals surface area contributed by atoms with Crippen LogP contribution < -0.4 is 5.32 Å². The molecule has 5 nitrogen and oxygen atoms in total. The maximum atomic E-state index is 11.8. The molecule has 1 aliphatic heterocycles. The van der Waals surface area contributed by atoms with Gasteiger partial charge in [0.15, 0.2) is 0 Å². The van der Waals surface area contributed by atoms with Crippen LogP contribution in [0, 0.1) is 5.92 Å². The van der Waals surface area contributed by atoms with Crippen LogP contribution in [0.5, 0.6) is 0 Å². The number of hydrogen-bond donors (Lipinski definition) is 1. The Morgan fingerprint density at radius 1 is 1.19 bits per heavy atom. The van der Waals surface area contributed by atoms with Crippen molar-refractivity contribution in [1.82, 2.24) is 15.1 Å². The van der Waals surface area contributed by atoms with E-state index in [-0.39, 0.29) is 12.0 Å². The number of ether oxygens (including phenoxy) is 1. The van der Waals surface area contributed by atoms with E-state index in [0.717, 1.165) is 58.0 Å². The first-order valence-corrected chi connectivity index (χ1v) is 8.32. The van der Waals surface area contributed by atoms with Gasteiger partial charge in [-0.2, -0.15) is 0 Å². The summed E-state index contributed by atoms with van der Waals surface area (Å²) in [5.41, 5.74) is 0. The highest BCUT2D eigenvalue weighted by molar-refractivity contribution is 5.75. The third kappa shape index (κ3) is 7.25. The molecular weight excluding hydrogens is 266 g/mol. The molecule has 1 fully saturated rings. The number of carbonyl (C=O) groups excluding carboxylic acids is 1. The van der Waals surface area contributed by atoms with Crippen molar-refractivity contribution in [3.05, 3.63) is 0 Å². The van der Waals surface area contributed by atoms with Crippen LogP contribution in [0.4, 0.5) is 0 Å². The highest BCUT2D eigenvalue weighted by Crippen LogP contribution is 2.07. The number of nitrogens with one attached hydrogen (secondary N) is 1. The SMILES string of the molecule is CCCNC(CCN1CCN(CC(C)C)CC1)C(=O)OC. The molecule has 0 radical (unpaired) electrons. The molecular formula is C16H33N3O2. The first-order valence-electron chi connectivity index (χ1n) is 8.32. The second kappa shape index (κ2) is 10.1. The Morgan fingerprint density at radius 3 is 2.33 bits per heavy atom. The number of hydrogen-bond acceptors (Lipinski definition) is 5. The van der Waals surface area contributed by atoms with Crippen LogP contribution in [0.2, 0.25) is 0 Å². The molecule has 1 rings (SSSR count). The zero-order chi connectivity index (χ0) is 15.7. The van der Waals surface area contributed by atoms with E-state index in [4.69, 9.17) is 4.74 Å². The van der Waals surface area contributed by atoms with E-state index in [9.17, 15) is 4.79 Å². The van der Waals surface area contributed by atoms with Crippen molar-refractivity contribution in [2.75, 3.05) is 52.9 Å². The van der Waals surface area contributed by atoms with Gasteiger partial charge in [0.2, 0.25) is 0 Å². The van der Waals surface area contributed by atoms with Gasteiger partial charge < -0.3 is 19.9 Å². The van der Waals surface area contributed by atoms with Gasteiger partial charge in [-0.05, 0) is 25.3 Å². The molecule has 124 valence electrons. The molecule has 0 spiro atoms. The lowest BCUT2D eigenvalue weighted by molar-refractivity contribution is -0.143. The van der Waals surface area contributed by atoms with Gasteiger partial charge in [0.1, 0.15) is 6.04 Å². The molecule has 0 amide bonds. The quantitative estimate of drug-likeness (QED) is 0.648. The third-order valence-electron chi connectivity index (χ3n) is 3.95. The summed E-state index contributed by atoms with van der Waals surface area (Å²) in [4.78, 5) is 16.7. The highest BCUT2D eigenvalue weighted by atomic mass is 16.5. The fourth-order valence-corrected chi connectivity index (χ4v) is 2.79. The van der Waals surface area contributed by atoms with E-state index in [1.54, 1.807) is 0 Å². The third-order valence-corrected chi connectivity index (χ3v) is 3.95. The van der Waals surface area contributed by atoms with Gasteiger partial charge in [-0.1, -0.05) is 20.8 Å². The number of nitrogens with zero attached hydrogens (tertiary/aromatic N) is 2. The Labute approximate surface area is 130 Å². The second-order valence-corrected chi connectivity index (χ2v) is 6.35. The lowest BCUT2D eigenvalue weighted by Gasteiger charge is -2.36. The molecule has 0 aromatic heterocycles. The number of methoxy groups -OCH3 is 1. The summed E-state index contributed by atoms with van der Waals surface area (Å²) < 4.78 is 4.88. The Kier molecular flexibility index (Phi) is 8.88. The maximum Gasteiger partial charge on any atom is 0.322 e. The predicted octanol–water partition coefficient (Wildman–Crippen LogP) is 1.19. The largest absolute Gasteiger partial charge is 0.468 e. The summed E-state index contributed by atoms with van der Waals surface area (Å²) in [6.07, 6.45) is 1.86. The Bertz CT molecular complexity index is 289. The van der Waals surface area contributed by atoms with Crippen molar-refractivity contribution in [2.24, 2.45) is 5.92 Å². The lowest BCUT2D eigenvalue weighted by atomic mass is 10.1. The molecule has 0 aromatic rings. The molecule has 1 saturated heterocycles. The van der Waals surface area contributed by atoms with E-state index in [1.165, 1.54) is 13.7 Å². The van der Waals surface area contributed by atoms with Gasteiger partial charge in [-0.15, -0.1) is 0 Å². The number of esters is 1. The lowest BCUT2D eigenvalue weighted by Crippen LogP contribution is -2.49. The maximum absolute atomic E-state index is 11.8. The summed E-state index contributed by atoms with van der Waals surface area (Å²) in [5, 5.41) is 3.28. The second-order valence-electron chi connectivity index (χ2n) is 6.35. The van der Waals surface area contributed by atoms with E-state index < -0.39 is 0 Å². The number of rotatable bonds is 9. The average Bonchev–Trinajstić information content (AvgIpc) is 2.47. The summed E-state index contributed by atoms with van der Waals surface area (Å²) in [5.74, 6) is 0.598. The van der Waals surface area contributed by atoms with Gasteiger partial charge in [0.05, 0.1) is 7.11 Å². The first-order chi connectivity index (χ1) is 10.1. The van der Waals surface area contributed by atoms with Crippen molar-refractivity contribution < 1.29 is 9.53 Å². The number of carbonyl (C=O) groups is 1. The molecule has 1 unspecified atom stereocenters. The first kappa shape index (κ1) is 18.4. The minimum atomic E-state index is -0.163. The summed E-state index contributed by atoms with van der Waals surface area (Å²) in [6, 6.07) is -0.163. The molecule has 21 heavy (non-hydrogen) atoms. The van der Waals surface area contributed by atoms with Crippen molar-refractivity contribution in [2.45, 2.75) is 39.7 Å². The number of piperazine rings is 1. The summed E-state index contributed by atoms with van der Waals surface area (Å²) in [6.45, 7) is 14.2. The minimum absolute atomic E-state index is 0.137. The smallest absolute Gasteiger partial charge is 0.322 e. The van der Waals surface area contributed by atoms with Gasteiger partial charge in [0.25, 0.3) is 0 Å². The van der Waals surface area contributed by atoms with Crippen LogP contribution in [0.1, 0.15) is 33.6 Å². The van der Waals surface area contributed by atoms with Gasteiger partial charge >= 0.3 is 5.97 Å². The van der Waals surface area contributed by atoms with Crippen LogP contribution in [-0.4, -0.2) is 74.7 Å².